The second kappa shape index (κ2) is 7.82. The average molecular weight is 398 g/mol. The minimum Gasteiger partial charge on any atom is -0.507 e. The largest absolute Gasteiger partial charge is 0.507 e. The number of phenolic OH excluding ortho intramolecular Hbond substituents is 1. The van der Waals surface area contributed by atoms with Crippen LogP contribution in [0.25, 0.3) is 0 Å². The zero-order chi connectivity index (χ0) is 20.3. The van der Waals surface area contributed by atoms with Gasteiger partial charge in [0, 0.05) is 5.56 Å². The van der Waals surface area contributed by atoms with Crippen LogP contribution < -0.4 is 5.43 Å². The van der Waals surface area contributed by atoms with Gasteiger partial charge in [0.25, 0.3) is 0 Å². The predicted molar refractivity (Wildman–Crippen MR) is 107 cm³/mol. The zero-order valence-electron chi connectivity index (χ0n) is 15.3. The number of aromatic hydroxyl groups is 1. The summed E-state index contributed by atoms with van der Waals surface area (Å²) in [5, 5.41) is 13.9. The van der Waals surface area contributed by atoms with Crippen molar-refractivity contribution < 1.29 is 17.9 Å². The molecular formula is C21H19FN2O3S. The van der Waals surface area contributed by atoms with Crippen LogP contribution in [0, 0.1) is 12.7 Å². The fourth-order valence-corrected chi connectivity index (χ4v) is 3.83. The predicted octanol–water partition coefficient (Wildman–Crippen LogP) is 4.51. The Kier molecular flexibility index (Phi) is 5.46. The Hall–Kier alpha value is -3.19. The van der Waals surface area contributed by atoms with Crippen LogP contribution in [-0.2, 0) is 9.84 Å². The van der Waals surface area contributed by atoms with Crippen LogP contribution in [0.4, 0.5) is 10.1 Å². The van der Waals surface area contributed by atoms with E-state index in [4.69, 9.17) is 0 Å². The van der Waals surface area contributed by atoms with Crippen LogP contribution in [0.2, 0.25) is 0 Å². The number of aryl methyl sites for hydroxylation is 1. The van der Waals surface area contributed by atoms with Crippen LogP contribution in [0.3, 0.4) is 0 Å². The monoisotopic (exact) mass is 398 g/mol. The molecule has 7 heteroatoms. The molecule has 0 saturated carbocycles. The highest BCUT2D eigenvalue weighted by Crippen LogP contribution is 2.23. The fourth-order valence-electron chi connectivity index (χ4n) is 2.57. The molecule has 144 valence electrons. The number of nitrogens with zero attached hydrogens (tertiary/aromatic N) is 1. The van der Waals surface area contributed by atoms with Gasteiger partial charge in [0.15, 0.2) is 0 Å². The lowest BCUT2D eigenvalue weighted by molar-refractivity contribution is 0.472. The number of benzene rings is 3. The highest BCUT2D eigenvalue weighted by atomic mass is 32.2. The molecule has 0 aromatic heterocycles. The Morgan fingerprint density at radius 3 is 2.14 bits per heavy atom. The van der Waals surface area contributed by atoms with Crippen molar-refractivity contribution in [3.63, 3.8) is 0 Å². The number of sulfone groups is 1. The molecule has 0 spiro atoms. The number of halogens is 1. The SMILES string of the molecule is C/C(=N\Nc1ccc(S(=O)(=O)c2ccc(C)cc2)cc1)c1cc(F)ccc1O. The number of phenols is 1. The van der Waals surface area contributed by atoms with E-state index < -0.39 is 15.7 Å². The van der Waals surface area contributed by atoms with Crippen molar-refractivity contribution in [1.82, 2.24) is 0 Å². The molecule has 0 saturated heterocycles. The molecule has 0 unspecified atom stereocenters. The van der Waals surface area contributed by atoms with Gasteiger partial charge >= 0.3 is 0 Å². The lowest BCUT2D eigenvalue weighted by Crippen LogP contribution is -2.03. The average Bonchev–Trinajstić information content (AvgIpc) is 2.68. The van der Waals surface area contributed by atoms with Gasteiger partial charge in [0.2, 0.25) is 9.84 Å². The summed E-state index contributed by atoms with van der Waals surface area (Å²) in [5.41, 5.74) is 4.96. The van der Waals surface area contributed by atoms with E-state index in [-0.39, 0.29) is 21.1 Å². The van der Waals surface area contributed by atoms with Gasteiger partial charge in [-0.05, 0) is 68.4 Å². The summed E-state index contributed by atoms with van der Waals surface area (Å²) >= 11 is 0. The van der Waals surface area contributed by atoms with Crippen molar-refractivity contribution in [3.8, 4) is 5.75 Å². The van der Waals surface area contributed by atoms with Crippen molar-refractivity contribution in [2.24, 2.45) is 5.10 Å². The topological polar surface area (TPSA) is 78.8 Å². The van der Waals surface area contributed by atoms with Crippen LogP contribution in [0.1, 0.15) is 18.1 Å². The summed E-state index contributed by atoms with van der Waals surface area (Å²) in [7, 11) is -3.60. The lowest BCUT2D eigenvalue weighted by atomic mass is 10.1. The lowest BCUT2D eigenvalue weighted by Gasteiger charge is -2.08. The molecule has 0 amide bonds. The molecule has 5 nitrogen and oxygen atoms in total. The Balaban J connectivity index is 1.79. The van der Waals surface area contributed by atoms with E-state index >= 15 is 0 Å². The van der Waals surface area contributed by atoms with Gasteiger partial charge in [-0.15, -0.1) is 0 Å². The molecule has 0 atom stereocenters. The molecule has 3 aromatic carbocycles. The van der Waals surface area contributed by atoms with E-state index in [2.05, 4.69) is 10.5 Å². The molecule has 3 rings (SSSR count). The molecule has 0 bridgehead atoms. The first-order valence-electron chi connectivity index (χ1n) is 8.48. The summed E-state index contributed by atoms with van der Waals surface area (Å²) < 4.78 is 38.7. The van der Waals surface area contributed by atoms with Crippen LogP contribution in [0.5, 0.6) is 5.75 Å². The van der Waals surface area contributed by atoms with Crippen molar-refractivity contribution in [1.29, 1.82) is 0 Å². The Labute approximate surface area is 163 Å². The molecule has 0 heterocycles. The number of rotatable bonds is 5. The van der Waals surface area contributed by atoms with Gasteiger partial charge < -0.3 is 5.11 Å². The maximum absolute atomic E-state index is 13.3. The summed E-state index contributed by atoms with van der Waals surface area (Å²) in [6, 6.07) is 16.4. The smallest absolute Gasteiger partial charge is 0.206 e. The molecule has 28 heavy (non-hydrogen) atoms. The van der Waals surface area contributed by atoms with Crippen molar-refractivity contribution in [2.75, 3.05) is 5.43 Å². The summed E-state index contributed by atoms with van der Waals surface area (Å²) in [6.45, 7) is 3.51. The van der Waals surface area contributed by atoms with Crippen molar-refractivity contribution >= 4 is 21.2 Å². The second-order valence-electron chi connectivity index (χ2n) is 6.31. The number of nitrogens with one attached hydrogen (secondary N) is 1. The van der Waals surface area contributed by atoms with E-state index in [1.54, 1.807) is 43.3 Å². The number of hydrogen-bond donors (Lipinski definition) is 2. The molecule has 0 aliphatic rings. The first kappa shape index (κ1) is 19.6. The van der Waals surface area contributed by atoms with E-state index in [0.717, 1.165) is 11.6 Å². The highest BCUT2D eigenvalue weighted by Gasteiger charge is 2.17. The molecular weight excluding hydrogens is 379 g/mol. The van der Waals surface area contributed by atoms with Gasteiger partial charge in [0.1, 0.15) is 11.6 Å². The Morgan fingerprint density at radius 1 is 0.964 bits per heavy atom. The third-order valence-electron chi connectivity index (χ3n) is 4.20. The number of hydrazone groups is 1. The quantitative estimate of drug-likeness (QED) is 0.490. The van der Waals surface area contributed by atoms with Gasteiger partial charge in [-0.1, -0.05) is 17.7 Å². The molecule has 3 aromatic rings. The summed E-state index contributed by atoms with van der Waals surface area (Å²) in [4.78, 5) is 0.402. The van der Waals surface area contributed by atoms with E-state index in [1.165, 1.54) is 24.3 Å². The third kappa shape index (κ3) is 4.20. The second-order valence-corrected chi connectivity index (χ2v) is 8.26. The normalized spacial score (nSPS) is 12.0. The van der Waals surface area contributed by atoms with E-state index in [1.807, 2.05) is 6.92 Å². The summed E-state index contributed by atoms with van der Waals surface area (Å²) in [6.07, 6.45) is 0. The molecule has 0 radical (unpaired) electrons. The fraction of sp³-hybridized carbons (Fsp3) is 0.0952. The van der Waals surface area contributed by atoms with Crippen LogP contribution in [0.15, 0.2) is 81.6 Å². The minimum atomic E-state index is -3.60. The first-order valence-corrected chi connectivity index (χ1v) is 9.97. The number of anilines is 1. The van der Waals surface area contributed by atoms with Crippen molar-refractivity contribution in [2.45, 2.75) is 23.6 Å². The molecule has 0 aliphatic carbocycles. The Morgan fingerprint density at radius 2 is 1.54 bits per heavy atom. The van der Waals surface area contributed by atoms with Crippen LogP contribution >= 0.6 is 0 Å². The van der Waals surface area contributed by atoms with Crippen molar-refractivity contribution in [3.05, 3.63) is 83.7 Å². The summed E-state index contributed by atoms with van der Waals surface area (Å²) in [5.74, 6) is -0.558. The standard InChI is InChI=1S/C21H19FN2O3S/c1-14-3-8-18(9-4-14)28(26,27)19-10-6-17(7-11-19)24-23-15(2)20-13-16(22)5-12-21(20)25/h3-13,24-25H,1-2H3/b23-15+. The Bertz CT molecular complexity index is 1120. The highest BCUT2D eigenvalue weighted by molar-refractivity contribution is 7.91. The van der Waals surface area contributed by atoms with E-state index in [0.29, 0.717) is 11.4 Å². The molecule has 2 N–H and O–H groups in total. The van der Waals surface area contributed by atoms with Crippen LogP contribution in [-0.4, -0.2) is 19.2 Å². The third-order valence-corrected chi connectivity index (χ3v) is 5.98. The number of hydrogen-bond acceptors (Lipinski definition) is 5. The minimum absolute atomic E-state index is 0.0796. The molecule has 0 aliphatic heterocycles. The zero-order valence-corrected chi connectivity index (χ0v) is 16.2. The van der Waals surface area contributed by atoms with E-state index in [9.17, 15) is 17.9 Å². The first-order chi connectivity index (χ1) is 13.3. The van der Waals surface area contributed by atoms with Gasteiger partial charge in [-0.3, -0.25) is 5.43 Å². The maximum atomic E-state index is 13.3. The van der Waals surface area contributed by atoms with Gasteiger partial charge in [-0.25, -0.2) is 12.8 Å². The van der Waals surface area contributed by atoms with Gasteiger partial charge in [0.05, 0.1) is 21.2 Å². The molecule has 0 fully saturated rings. The maximum Gasteiger partial charge on any atom is 0.206 e. The van der Waals surface area contributed by atoms with Gasteiger partial charge in [-0.2, -0.15) is 5.10 Å².